The highest BCUT2D eigenvalue weighted by Crippen LogP contribution is 2.21. The average molecular weight is 396 g/mol. The number of carbonyl (C=O) groups is 1. The van der Waals surface area contributed by atoms with Crippen LogP contribution in [0.2, 0.25) is 0 Å². The minimum absolute atomic E-state index is 0.0384. The molecule has 1 aliphatic heterocycles. The van der Waals surface area contributed by atoms with Crippen LogP contribution in [0.4, 0.5) is 4.39 Å². The van der Waals surface area contributed by atoms with Crippen molar-refractivity contribution in [2.75, 3.05) is 26.7 Å². The van der Waals surface area contributed by atoms with Crippen molar-refractivity contribution in [2.24, 2.45) is 0 Å². The summed E-state index contributed by atoms with van der Waals surface area (Å²) in [6, 6.07) is 8.12. The van der Waals surface area contributed by atoms with Crippen LogP contribution < -0.4 is 5.32 Å². The van der Waals surface area contributed by atoms with E-state index in [0.717, 1.165) is 0 Å². The van der Waals surface area contributed by atoms with Gasteiger partial charge in [0.1, 0.15) is 6.17 Å². The zero-order valence-electron chi connectivity index (χ0n) is 15.7. The Morgan fingerprint density at radius 2 is 2.04 bits per heavy atom. The normalized spacial score (nSPS) is 20.7. The molecule has 0 bridgehead atoms. The van der Waals surface area contributed by atoms with Gasteiger partial charge in [0.2, 0.25) is 15.9 Å². The van der Waals surface area contributed by atoms with E-state index in [1.54, 1.807) is 32.0 Å². The monoisotopic (exact) mass is 396 g/mol. The molecule has 2 rings (SSSR count). The highest BCUT2D eigenvalue weighted by molar-refractivity contribution is 7.89. The first-order valence-corrected chi connectivity index (χ1v) is 10.1. The Hall–Kier alpha value is -2.02. The maximum Gasteiger partial charge on any atom is 0.303 e. The Morgan fingerprint density at radius 3 is 2.63 bits per heavy atom. The van der Waals surface area contributed by atoms with Gasteiger partial charge in [-0.05, 0) is 26.0 Å². The second-order valence-electron chi connectivity index (χ2n) is 7.30. The molecule has 27 heavy (non-hydrogen) atoms. The number of benzene rings is 1. The first-order valence-electron chi connectivity index (χ1n) is 8.63. The highest BCUT2D eigenvalue weighted by atomic mass is 32.2. The summed E-state index contributed by atoms with van der Waals surface area (Å²) in [5.74, 6) is -0.363. The molecule has 2 atom stereocenters. The Labute approximate surface area is 160 Å². The van der Waals surface area contributed by atoms with E-state index in [4.69, 9.17) is 6.57 Å². The van der Waals surface area contributed by atoms with Crippen LogP contribution in [0, 0.1) is 6.57 Å². The number of nitrogens with one attached hydrogen (secondary N) is 1. The van der Waals surface area contributed by atoms with E-state index in [2.05, 4.69) is 10.2 Å². The second-order valence-corrected chi connectivity index (χ2v) is 9.35. The lowest BCUT2D eigenvalue weighted by Crippen LogP contribution is -2.53. The molecule has 1 amide bonds. The number of halogens is 1. The van der Waals surface area contributed by atoms with Gasteiger partial charge in [-0.2, -0.15) is 4.31 Å². The van der Waals surface area contributed by atoms with Crippen LogP contribution in [-0.4, -0.2) is 68.1 Å². The molecule has 7 nitrogen and oxygen atoms in total. The number of likely N-dealkylation sites (tertiary alicyclic amines) is 1. The van der Waals surface area contributed by atoms with E-state index in [9.17, 15) is 17.6 Å². The number of hydrogen-bond acceptors (Lipinski definition) is 4. The first kappa shape index (κ1) is 21.3. The third-order valence-corrected chi connectivity index (χ3v) is 6.30. The number of amides is 1. The van der Waals surface area contributed by atoms with Crippen molar-refractivity contribution in [1.82, 2.24) is 14.5 Å². The second kappa shape index (κ2) is 8.33. The van der Waals surface area contributed by atoms with Gasteiger partial charge in [-0.1, -0.05) is 18.2 Å². The van der Waals surface area contributed by atoms with Crippen molar-refractivity contribution in [3.63, 3.8) is 0 Å². The fraction of sp³-hybridized carbons (Fsp3) is 0.556. The van der Waals surface area contributed by atoms with E-state index in [1.807, 2.05) is 0 Å². The Morgan fingerprint density at radius 1 is 1.41 bits per heavy atom. The zero-order chi connectivity index (χ0) is 20.2. The molecule has 0 aliphatic carbocycles. The molecule has 148 valence electrons. The summed E-state index contributed by atoms with van der Waals surface area (Å²) in [4.78, 5) is 17.1. The molecular weight excluding hydrogens is 371 g/mol. The predicted molar refractivity (Wildman–Crippen MR) is 100.0 cm³/mol. The zero-order valence-corrected chi connectivity index (χ0v) is 16.5. The van der Waals surface area contributed by atoms with Crippen molar-refractivity contribution in [3.8, 4) is 0 Å². The smallest absolute Gasteiger partial charge is 0.302 e. The third-order valence-electron chi connectivity index (χ3n) is 4.48. The maximum atomic E-state index is 13.5. The lowest BCUT2D eigenvalue weighted by Gasteiger charge is -2.31. The molecule has 0 spiro atoms. The maximum absolute atomic E-state index is 13.5. The lowest BCUT2D eigenvalue weighted by molar-refractivity contribution is -0.130. The van der Waals surface area contributed by atoms with Crippen LogP contribution in [0.25, 0.3) is 4.85 Å². The fourth-order valence-electron chi connectivity index (χ4n) is 3.04. The standard InChI is InChI=1S/C18H25FN4O3S/c1-18(2,13-22(4)27(25,26)15-8-6-5-7-9-15)21-11-17(24)23-12-14(19)10-16(23)20-3/h5-9,14,16,21H,10-13H2,1-2,4H3/t14-,16-/m0/s1. The van der Waals surface area contributed by atoms with Crippen LogP contribution in [0.5, 0.6) is 0 Å². The quantitative estimate of drug-likeness (QED) is 0.709. The van der Waals surface area contributed by atoms with Crippen molar-refractivity contribution in [2.45, 2.75) is 43.0 Å². The number of carbonyl (C=O) groups excluding carboxylic acids is 1. The minimum atomic E-state index is -3.64. The SMILES string of the molecule is [C-]#[N+][C@@H]1C[C@H](F)CN1C(=O)CNC(C)(C)CN(C)S(=O)(=O)c1ccccc1. The Balaban J connectivity index is 1.96. The number of likely N-dealkylation sites (N-methyl/N-ethyl adjacent to an activating group) is 1. The van der Waals surface area contributed by atoms with Crippen molar-refractivity contribution >= 4 is 15.9 Å². The van der Waals surface area contributed by atoms with E-state index in [0.29, 0.717) is 0 Å². The summed E-state index contributed by atoms with van der Waals surface area (Å²) in [6.45, 7) is 10.6. The van der Waals surface area contributed by atoms with E-state index in [1.165, 1.54) is 28.4 Å². The Kier molecular flexibility index (Phi) is 6.57. The van der Waals surface area contributed by atoms with Crippen molar-refractivity contribution in [3.05, 3.63) is 41.7 Å². The molecule has 1 aliphatic rings. The first-order chi connectivity index (χ1) is 12.6. The summed E-state index contributed by atoms with van der Waals surface area (Å²) in [5.41, 5.74) is -0.700. The molecule has 1 N–H and O–H groups in total. The minimum Gasteiger partial charge on any atom is -0.302 e. The van der Waals surface area contributed by atoms with Gasteiger partial charge in [0.25, 0.3) is 0 Å². The summed E-state index contributed by atoms with van der Waals surface area (Å²) < 4.78 is 40.0. The molecule has 0 saturated carbocycles. The number of rotatable bonds is 7. The molecule has 9 heteroatoms. The van der Waals surface area contributed by atoms with Crippen LogP contribution in [0.15, 0.2) is 35.2 Å². The van der Waals surface area contributed by atoms with Gasteiger partial charge >= 0.3 is 6.17 Å². The summed E-state index contributed by atoms with van der Waals surface area (Å²) in [6.07, 6.45) is -1.90. The van der Waals surface area contributed by atoms with Crippen LogP contribution in [0.3, 0.4) is 0 Å². The highest BCUT2D eigenvalue weighted by Gasteiger charge is 2.40. The molecular formula is C18H25FN4O3S. The summed E-state index contributed by atoms with van der Waals surface area (Å²) >= 11 is 0. The average Bonchev–Trinajstić information content (AvgIpc) is 3.01. The predicted octanol–water partition coefficient (Wildman–Crippen LogP) is 1.49. The lowest BCUT2D eigenvalue weighted by atomic mass is 10.1. The molecule has 0 unspecified atom stereocenters. The largest absolute Gasteiger partial charge is 0.303 e. The van der Waals surface area contributed by atoms with Crippen LogP contribution >= 0.6 is 0 Å². The number of hydrogen-bond donors (Lipinski definition) is 1. The van der Waals surface area contributed by atoms with Gasteiger partial charge in [0.15, 0.2) is 0 Å². The summed E-state index contributed by atoms with van der Waals surface area (Å²) in [7, 11) is -2.15. The molecule has 1 heterocycles. The van der Waals surface area contributed by atoms with Gasteiger partial charge in [0.05, 0.1) is 24.4 Å². The summed E-state index contributed by atoms with van der Waals surface area (Å²) in [5, 5.41) is 3.03. The number of alkyl halides is 1. The number of sulfonamides is 1. The van der Waals surface area contributed by atoms with Gasteiger partial charge in [-0.3, -0.25) is 14.5 Å². The van der Waals surface area contributed by atoms with Crippen LogP contribution in [-0.2, 0) is 14.8 Å². The topological polar surface area (TPSA) is 74.1 Å². The van der Waals surface area contributed by atoms with Gasteiger partial charge in [-0.15, -0.1) is 0 Å². The fourth-order valence-corrected chi connectivity index (χ4v) is 4.40. The molecule has 1 aromatic rings. The molecule has 1 aromatic carbocycles. The van der Waals surface area contributed by atoms with E-state index >= 15 is 0 Å². The van der Waals surface area contributed by atoms with Crippen LogP contribution in [0.1, 0.15) is 20.3 Å². The van der Waals surface area contributed by atoms with Gasteiger partial charge in [-0.25, -0.2) is 19.4 Å². The van der Waals surface area contributed by atoms with Gasteiger partial charge in [0, 0.05) is 19.1 Å². The van der Waals surface area contributed by atoms with E-state index in [-0.39, 0.29) is 36.9 Å². The van der Waals surface area contributed by atoms with Crippen molar-refractivity contribution in [1.29, 1.82) is 0 Å². The number of nitrogens with zero attached hydrogens (tertiary/aromatic N) is 3. The van der Waals surface area contributed by atoms with E-state index < -0.39 is 27.9 Å². The third kappa shape index (κ3) is 5.25. The molecule has 0 radical (unpaired) electrons. The Bertz CT molecular complexity index is 808. The molecule has 0 aromatic heterocycles. The van der Waals surface area contributed by atoms with Crippen molar-refractivity contribution < 1.29 is 17.6 Å². The molecule has 1 fully saturated rings. The van der Waals surface area contributed by atoms with Gasteiger partial charge < -0.3 is 5.32 Å². The molecule has 1 saturated heterocycles.